The molecule has 4 nitrogen and oxygen atoms in total. The zero-order chi connectivity index (χ0) is 14.9. The molecule has 0 aliphatic carbocycles. The summed E-state index contributed by atoms with van der Waals surface area (Å²) in [5, 5.41) is 0. The van der Waals surface area contributed by atoms with Crippen molar-refractivity contribution in [3.8, 4) is 11.5 Å². The van der Waals surface area contributed by atoms with Crippen LogP contribution in [-0.2, 0) is 4.74 Å². The second kappa shape index (κ2) is 8.70. The molecule has 1 saturated heterocycles. The number of rotatable bonds is 7. The van der Waals surface area contributed by atoms with Gasteiger partial charge in [-0.2, -0.15) is 0 Å². The Morgan fingerprint density at radius 3 is 2.76 bits per heavy atom. The number of ether oxygens (including phenoxy) is 3. The van der Waals surface area contributed by atoms with Crippen molar-refractivity contribution in [3.63, 3.8) is 0 Å². The van der Waals surface area contributed by atoms with E-state index in [9.17, 15) is 0 Å². The molecular formula is C17H25NO3. The van der Waals surface area contributed by atoms with Gasteiger partial charge in [0.2, 0.25) is 0 Å². The topological polar surface area (TPSA) is 30.9 Å². The summed E-state index contributed by atoms with van der Waals surface area (Å²) in [6.07, 6.45) is 5.07. The minimum absolute atomic E-state index is 0.705. The molecule has 1 heterocycles. The average Bonchev–Trinajstić information content (AvgIpc) is 2.53. The Kier molecular flexibility index (Phi) is 6.57. The molecule has 2 rings (SSSR count). The standard InChI is InChI=1S/C17H25NO3/c1-3-5-15-6-7-16(17(14-15)19-2)21-11-4-8-18-9-12-20-13-10-18/h3,5-7,14H,4,8-13H2,1-2H3/b5-3-. The Hall–Kier alpha value is -1.52. The molecule has 1 aliphatic rings. The SMILES string of the molecule is C/C=C\c1ccc(OCCCN2CCOCC2)c(OC)c1. The molecule has 116 valence electrons. The fourth-order valence-corrected chi connectivity index (χ4v) is 2.39. The van der Waals surface area contributed by atoms with Crippen LogP contribution in [0.1, 0.15) is 18.9 Å². The van der Waals surface area contributed by atoms with Crippen molar-refractivity contribution in [3.05, 3.63) is 29.8 Å². The lowest BCUT2D eigenvalue weighted by atomic mass is 10.2. The first-order valence-corrected chi connectivity index (χ1v) is 7.57. The summed E-state index contributed by atoms with van der Waals surface area (Å²) in [5.74, 6) is 1.60. The summed E-state index contributed by atoms with van der Waals surface area (Å²) < 4.78 is 16.6. The number of allylic oxidation sites excluding steroid dienone is 1. The summed E-state index contributed by atoms with van der Waals surface area (Å²) in [7, 11) is 1.68. The van der Waals surface area contributed by atoms with Gasteiger partial charge in [0.05, 0.1) is 26.9 Å². The molecule has 0 aromatic heterocycles. The van der Waals surface area contributed by atoms with E-state index in [1.54, 1.807) is 7.11 Å². The van der Waals surface area contributed by atoms with Crippen LogP contribution in [0.2, 0.25) is 0 Å². The van der Waals surface area contributed by atoms with E-state index >= 15 is 0 Å². The molecule has 1 aromatic carbocycles. The average molecular weight is 291 g/mol. The van der Waals surface area contributed by atoms with Crippen molar-refractivity contribution in [2.75, 3.05) is 46.6 Å². The van der Waals surface area contributed by atoms with E-state index in [2.05, 4.69) is 4.90 Å². The lowest BCUT2D eigenvalue weighted by molar-refractivity contribution is 0.0357. The lowest BCUT2D eigenvalue weighted by Crippen LogP contribution is -2.37. The molecule has 0 atom stereocenters. The Morgan fingerprint density at radius 2 is 2.05 bits per heavy atom. The van der Waals surface area contributed by atoms with Crippen LogP contribution >= 0.6 is 0 Å². The summed E-state index contributed by atoms with van der Waals surface area (Å²) >= 11 is 0. The summed E-state index contributed by atoms with van der Waals surface area (Å²) in [4.78, 5) is 2.42. The molecule has 1 aliphatic heterocycles. The third-order valence-corrected chi connectivity index (χ3v) is 3.53. The predicted octanol–water partition coefficient (Wildman–Crippen LogP) is 2.83. The number of methoxy groups -OCH3 is 1. The fraction of sp³-hybridized carbons (Fsp3) is 0.529. The van der Waals surface area contributed by atoms with E-state index in [1.165, 1.54) is 0 Å². The molecular weight excluding hydrogens is 266 g/mol. The zero-order valence-electron chi connectivity index (χ0n) is 13.0. The van der Waals surface area contributed by atoms with E-state index in [1.807, 2.05) is 37.3 Å². The van der Waals surface area contributed by atoms with Crippen LogP contribution in [0.15, 0.2) is 24.3 Å². The van der Waals surface area contributed by atoms with Gasteiger partial charge < -0.3 is 14.2 Å². The highest BCUT2D eigenvalue weighted by molar-refractivity contribution is 5.55. The van der Waals surface area contributed by atoms with Crippen LogP contribution in [0.3, 0.4) is 0 Å². The van der Waals surface area contributed by atoms with Gasteiger partial charge in [0.25, 0.3) is 0 Å². The van der Waals surface area contributed by atoms with Crippen molar-refractivity contribution >= 4 is 6.08 Å². The minimum Gasteiger partial charge on any atom is -0.493 e. The molecule has 1 aromatic rings. The van der Waals surface area contributed by atoms with E-state index in [4.69, 9.17) is 14.2 Å². The lowest BCUT2D eigenvalue weighted by Gasteiger charge is -2.26. The molecule has 0 amide bonds. The number of morpholine rings is 1. The highest BCUT2D eigenvalue weighted by Crippen LogP contribution is 2.28. The van der Waals surface area contributed by atoms with E-state index in [-0.39, 0.29) is 0 Å². The Balaban J connectivity index is 1.79. The molecule has 1 fully saturated rings. The monoisotopic (exact) mass is 291 g/mol. The first-order valence-electron chi connectivity index (χ1n) is 7.57. The smallest absolute Gasteiger partial charge is 0.161 e. The third kappa shape index (κ3) is 5.06. The van der Waals surface area contributed by atoms with Crippen molar-refractivity contribution in [2.24, 2.45) is 0 Å². The van der Waals surface area contributed by atoms with Crippen molar-refractivity contribution < 1.29 is 14.2 Å². The Bertz CT molecular complexity index is 453. The summed E-state index contributed by atoms with van der Waals surface area (Å²) in [5.41, 5.74) is 1.12. The summed E-state index contributed by atoms with van der Waals surface area (Å²) in [6, 6.07) is 6.01. The predicted molar refractivity (Wildman–Crippen MR) is 85.1 cm³/mol. The van der Waals surface area contributed by atoms with E-state index in [0.29, 0.717) is 6.61 Å². The number of hydrogen-bond donors (Lipinski definition) is 0. The fourth-order valence-electron chi connectivity index (χ4n) is 2.39. The third-order valence-electron chi connectivity index (χ3n) is 3.53. The van der Waals surface area contributed by atoms with E-state index < -0.39 is 0 Å². The summed E-state index contributed by atoms with van der Waals surface area (Å²) in [6.45, 7) is 7.52. The van der Waals surface area contributed by atoms with Crippen LogP contribution in [-0.4, -0.2) is 51.5 Å². The maximum Gasteiger partial charge on any atom is 0.161 e. The van der Waals surface area contributed by atoms with Crippen molar-refractivity contribution in [1.29, 1.82) is 0 Å². The molecule has 0 spiro atoms. The van der Waals surface area contributed by atoms with Gasteiger partial charge in [-0.05, 0) is 31.0 Å². The van der Waals surface area contributed by atoms with Crippen molar-refractivity contribution in [1.82, 2.24) is 4.90 Å². The second-order valence-electron chi connectivity index (χ2n) is 5.07. The van der Waals surface area contributed by atoms with Crippen LogP contribution < -0.4 is 9.47 Å². The van der Waals surface area contributed by atoms with Gasteiger partial charge in [0, 0.05) is 19.6 Å². The van der Waals surface area contributed by atoms with Gasteiger partial charge in [0.1, 0.15) is 0 Å². The molecule has 0 radical (unpaired) electrons. The Labute approximate surface area is 127 Å². The van der Waals surface area contributed by atoms with Crippen LogP contribution in [0.5, 0.6) is 11.5 Å². The molecule has 0 unspecified atom stereocenters. The van der Waals surface area contributed by atoms with Crippen LogP contribution in [0.4, 0.5) is 0 Å². The van der Waals surface area contributed by atoms with Gasteiger partial charge in [-0.15, -0.1) is 0 Å². The second-order valence-corrected chi connectivity index (χ2v) is 5.07. The largest absolute Gasteiger partial charge is 0.493 e. The maximum atomic E-state index is 5.85. The van der Waals surface area contributed by atoms with Crippen LogP contribution in [0.25, 0.3) is 6.08 Å². The highest BCUT2D eigenvalue weighted by atomic mass is 16.5. The highest BCUT2D eigenvalue weighted by Gasteiger charge is 2.10. The van der Waals surface area contributed by atoms with Gasteiger partial charge in [0.15, 0.2) is 11.5 Å². The molecule has 0 bridgehead atoms. The number of hydrogen-bond acceptors (Lipinski definition) is 4. The molecule has 21 heavy (non-hydrogen) atoms. The maximum absolute atomic E-state index is 5.85. The van der Waals surface area contributed by atoms with Gasteiger partial charge in [-0.1, -0.05) is 18.2 Å². The van der Waals surface area contributed by atoms with Gasteiger partial charge >= 0.3 is 0 Å². The van der Waals surface area contributed by atoms with Crippen LogP contribution in [0, 0.1) is 0 Å². The number of benzene rings is 1. The Morgan fingerprint density at radius 1 is 1.24 bits per heavy atom. The van der Waals surface area contributed by atoms with E-state index in [0.717, 1.165) is 56.3 Å². The quantitative estimate of drug-likeness (QED) is 0.723. The van der Waals surface area contributed by atoms with Crippen molar-refractivity contribution in [2.45, 2.75) is 13.3 Å². The first-order chi connectivity index (χ1) is 10.3. The van der Waals surface area contributed by atoms with Gasteiger partial charge in [-0.25, -0.2) is 0 Å². The minimum atomic E-state index is 0.705. The first kappa shape index (κ1) is 15.9. The molecule has 0 N–H and O–H groups in total. The normalized spacial score (nSPS) is 16.3. The zero-order valence-corrected chi connectivity index (χ0v) is 13.0. The molecule has 0 saturated carbocycles. The molecule has 4 heteroatoms. The van der Waals surface area contributed by atoms with Gasteiger partial charge in [-0.3, -0.25) is 4.90 Å². The number of nitrogens with zero attached hydrogens (tertiary/aromatic N) is 1.